The van der Waals surface area contributed by atoms with Crippen LogP contribution in [0.4, 0.5) is 5.69 Å². The van der Waals surface area contributed by atoms with Crippen LogP contribution in [-0.2, 0) is 16.4 Å². The van der Waals surface area contributed by atoms with Gasteiger partial charge in [-0.15, -0.1) is 0 Å². The van der Waals surface area contributed by atoms with Gasteiger partial charge in [-0.2, -0.15) is 0 Å². The van der Waals surface area contributed by atoms with Crippen LogP contribution in [0.2, 0.25) is 5.02 Å². The molecule has 0 saturated heterocycles. The van der Waals surface area contributed by atoms with Gasteiger partial charge in [0.25, 0.3) is 10.0 Å². The van der Waals surface area contributed by atoms with Crippen LogP contribution >= 0.6 is 11.6 Å². The first-order valence-electron chi connectivity index (χ1n) is 8.17. The number of anilines is 1. The van der Waals surface area contributed by atoms with Crippen molar-refractivity contribution in [2.24, 2.45) is 0 Å². The highest BCUT2D eigenvalue weighted by Crippen LogP contribution is 2.39. The molecule has 134 valence electrons. The van der Waals surface area contributed by atoms with Crippen LogP contribution in [0.5, 0.6) is 5.75 Å². The lowest BCUT2D eigenvalue weighted by Crippen LogP contribution is -2.18. The molecule has 2 aromatic carbocycles. The summed E-state index contributed by atoms with van der Waals surface area (Å²) in [6.45, 7) is 2.36. The Hall–Kier alpha value is -1.76. The largest absolute Gasteiger partial charge is 0.491 e. The summed E-state index contributed by atoms with van der Waals surface area (Å²) in [7, 11) is -3.88. The molecule has 0 spiro atoms. The molecular formula is C18H20ClNO4S. The van der Waals surface area contributed by atoms with Gasteiger partial charge in [-0.1, -0.05) is 43.1 Å². The van der Waals surface area contributed by atoms with Crippen LogP contribution in [-0.4, -0.2) is 20.1 Å². The predicted octanol–water partition coefficient (Wildman–Crippen LogP) is 3.91. The summed E-state index contributed by atoms with van der Waals surface area (Å²) in [6.07, 6.45) is 1.50. The number of aryl methyl sites for hydroxylation is 1. The van der Waals surface area contributed by atoms with Crippen molar-refractivity contribution in [2.45, 2.75) is 37.2 Å². The van der Waals surface area contributed by atoms with Crippen LogP contribution < -0.4 is 9.46 Å². The number of nitrogens with one attached hydrogen (secondary N) is 1. The van der Waals surface area contributed by atoms with Gasteiger partial charge < -0.3 is 9.84 Å². The molecule has 1 aliphatic heterocycles. The van der Waals surface area contributed by atoms with Gasteiger partial charge >= 0.3 is 0 Å². The second-order valence-electron chi connectivity index (χ2n) is 6.00. The van der Waals surface area contributed by atoms with Gasteiger partial charge in [0.2, 0.25) is 0 Å². The Bertz CT molecular complexity index is 883. The highest BCUT2D eigenvalue weighted by Gasteiger charge is 2.25. The van der Waals surface area contributed by atoms with E-state index in [1.165, 1.54) is 0 Å². The van der Waals surface area contributed by atoms with Crippen LogP contribution in [0.3, 0.4) is 0 Å². The normalized spacial score (nSPS) is 16.8. The Kier molecular flexibility index (Phi) is 5.22. The third kappa shape index (κ3) is 3.76. The van der Waals surface area contributed by atoms with Crippen molar-refractivity contribution in [3.63, 3.8) is 0 Å². The van der Waals surface area contributed by atoms with Crippen LogP contribution in [0, 0.1) is 0 Å². The highest BCUT2D eigenvalue weighted by molar-refractivity contribution is 7.92. The molecule has 0 radical (unpaired) electrons. The van der Waals surface area contributed by atoms with Gasteiger partial charge in [-0.05, 0) is 30.2 Å². The van der Waals surface area contributed by atoms with E-state index in [1.807, 2.05) is 13.0 Å². The number of fused-ring (bicyclic) bond motifs is 1. The molecule has 1 unspecified atom stereocenters. The quantitative estimate of drug-likeness (QED) is 0.823. The second kappa shape index (κ2) is 7.23. The van der Waals surface area contributed by atoms with E-state index in [0.29, 0.717) is 30.0 Å². The third-order valence-corrected chi connectivity index (χ3v) is 5.96. The second-order valence-corrected chi connectivity index (χ2v) is 8.06. The molecule has 0 aliphatic carbocycles. The summed E-state index contributed by atoms with van der Waals surface area (Å²) in [5, 5.41) is 10.2. The smallest absolute Gasteiger partial charge is 0.263 e. The molecule has 1 atom stereocenters. The first-order valence-corrected chi connectivity index (χ1v) is 10.0. The van der Waals surface area contributed by atoms with Crippen LogP contribution in [0.15, 0.2) is 41.3 Å². The number of ether oxygens (including phenoxy) is 1. The third-order valence-electron chi connectivity index (χ3n) is 4.11. The summed E-state index contributed by atoms with van der Waals surface area (Å²) < 4.78 is 33.8. The number of aliphatic hydroxyl groups excluding tert-OH is 1. The number of sulfonamides is 1. The van der Waals surface area contributed by atoms with Crippen molar-refractivity contribution in [1.29, 1.82) is 0 Å². The summed E-state index contributed by atoms with van der Waals surface area (Å²) >= 11 is 6.12. The lowest BCUT2D eigenvalue weighted by molar-refractivity contribution is 0.116. The van der Waals surface area contributed by atoms with E-state index in [9.17, 15) is 13.5 Å². The Balaban J connectivity index is 1.98. The Morgan fingerprint density at radius 3 is 2.88 bits per heavy atom. The van der Waals surface area contributed by atoms with Gasteiger partial charge in [0.05, 0.1) is 23.4 Å². The molecule has 5 nitrogen and oxygen atoms in total. The molecule has 2 aromatic rings. The minimum Gasteiger partial charge on any atom is -0.491 e. The summed E-state index contributed by atoms with van der Waals surface area (Å²) in [5.74, 6) is 0.366. The van der Waals surface area contributed by atoms with E-state index in [2.05, 4.69) is 4.72 Å². The van der Waals surface area contributed by atoms with Gasteiger partial charge in [-0.25, -0.2) is 8.42 Å². The maximum Gasteiger partial charge on any atom is 0.263 e. The number of aliphatic hydroxyl groups is 1. The van der Waals surface area contributed by atoms with E-state index in [4.69, 9.17) is 16.3 Å². The van der Waals surface area contributed by atoms with Crippen LogP contribution in [0.1, 0.15) is 37.0 Å². The lowest BCUT2D eigenvalue weighted by atomic mass is 10.0. The summed E-state index contributed by atoms with van der Waals surface area (Å²) in [4.78, 5) is 0.0362. The van der Waals surface area contributed by atoms with Crippen molar-refractivity contribution >= 4 is 27.3 Å². The Labute approximate surface area is 152 Å². The van der Waals surface area contributed by atoms with Gasteiger partial charge in [-0.3, -0.25) is 4.72 Å². The predicted molar refractivity (Wildman–Crippen MR) is 97.8 cm³/mol. The molecule has 3 rings (SSSR count). The average molecular weight is 382 g/mol. The number of para-hydroxylation sites is 1. The van der Waals surface area contributed by atoms with E-state index in [0.717, 1.165) is 18.4 Å². The van der Waals surface area contributed by atoms with Crippen LogP contribution in [0.25, 0.3) is 0 Å². The standard InChI is InChI=1S/C18H20ClNO4S/c1-2-4-12-7-8-14(19)17(11-12)25(22,23)20-15-6-3-5-13-16(21)9-10-24-18(13)15/h3,5-8,11,16,20-21H,2,4,9-10H2,1H3. The molecule has 0 amide bonds. The number of hydrogen-bond acceptors (Lipinski definition) is 4. The number of benzene rings is 2. The fourth-order valence-electron chi connectivity index (χ4n) is 2.88. The molecule has 7 heteroatoms. The van der Waals surface area contributed by atoms with Crippen molar-refractivity contribution < 1.29 is 18.3 Å². The lowest BCUT2D eigenvalue weighted by Gasteiger charge is -2.24. The first-order chi connectivity index (χ1) is 11.9. The Morgan fingerprint density at radius 1 is 1.32 bits per heavy atom. The SMILES string of the molecule is CCCc1ccc(Cl)c(S(=O)(=O)Nc2cccc3c2OCCC3O)c1. The fourth-order valence-corrected chi connectivity index (χ4v) is 4.50. The topological polar surface area (TPSA) is 75.6 Å². The summed E-state index contributed by atoms with van der Waals surface area (Å²) in [6, 6.07) is 10.0. The molecule has 25 heavy (non-hydrogen) atoms. The molecule has 0 saturated carbocycles. The summed E-state index contributed by atoms with van der Waals surface area (Å²) in [5.41, 5.74) is 1.79. The molecule has 1 heterocycles. The van der Waals surface area contributed by atoms with E-state index >= 15 is 0 Å². The fraction of sp³-hybridized carbons (Fsp3) is 0.333. The number of rotatable bonds is 5. The first kappa shape index (κ1) is 18.0. The van der Waals surface area contributed by atoms with E-state index in [1.54, 1.807) is 30.3 Å². The zero-order chi connectivity index (χ0) is 18.0. The van der Waals surface area contributed by atoms with E-state index < -0.39 is 16.1 Å². The minimum absolute atomic E-state index is 0.0362. The van der Waals surface area contributed by atoms with Crippen molar-refractivity contribution in [1.82, 2.24) is 0 Å². The van der Waals surface area contributed by atoms with Gasteiger partial charge in [0.1, 0.15) is 10.6 Å². The molecule has 1 aliphatic rings. The molecule has 0 bridgehead atoms. The van der Waals surface area contributed by atoms with Crippen molar-refractivity contribution in [3.8, 4) is 5.75 Å². The van der Waals surface area contributed by atoms with Crippen molar-refractivity contribution in [2.75, 3.05) is 11.3 Å². The minimum atomic E-state index is -3.88. The number of hydrogen-bond donors (Lipinski definition) is 2. The van der Waals surface area contributed by atoms with Gasteiger partial charge in [0, 0.05) is 12.0 Å². The molecule has 0 fully saturated rings. The number of halogens is 1. The Morgan fingerprint density at radius 2 is 2.12 bits per heavy atom. The molecular weight excluding hydrogens is 362 g/mol. The zero-order valence-electron chi connectivity index (χ0n) is 13.8. The molecule has 2 N–H and O–H groups in total. The van der Waals surface area contributed by atoms with Crippen molar-refractivity contribution in [3.05, 3.63) is 52.5 Å². The monoisotopic (exact) mass is 381 g/mol. The maximum atomic E-state index is 12.8. The highest BCUT2D eigenvalue weighted by atomic mass is 35.5. The van der Waals surface area contributed by atoms with E-state index in [-0.39, 0.29) is 9.92 Å². The van der Waals surface area contributed by atoms with Gasteiger partial charge in [0.15, 0.2) is 0 Å². The maximum absolute atomic E-state index is 12.8. The zero-order valence-corrected chi connectivity index (χ0v) is 15.4. The average Bonchev–Trinajstić information content (AvgIpc) is 2.57. The molecule has 0 aromatic heterocycles.